The van der Waals surface area contributed by atoms with Gasteiger partial charge in [0.2, 0.25) is 0 Å². The highest BCUT2D eigenvalue weighted by Crippen LogP contribution is 2.69. The van der Waals surface area contributed by atoms with Gasteiger partial charge in [0.05, 0.1) is 12.7 Å². The van der Waals surface area contributed by atoms with E-state index >= 15 is 0 Å². The van der Waals surface area contributed by atoms with Crippen LogP contribution in [0.3, 0.4) is 0 Å². The van der Waals surface area contributed by atoms with Crippen LogP contribution in [-0.2, 0) is 0 Å². The molecule has 3 aliphatic rings. The fourth-order valence-corrected chi connectivity index (χ4v) is 8.12. The van der Waals surface area contributed by atoms with Gasteiger partial charge in [-0.25, -0.2) is 0 Å². The van der Waals surface area contributed by atoms with Crippen LogP contribution in [-0.4, -0.2) is 22.9 Å². The largest absolute Gasteiger partial charge is 0.393 e. The summed E-state index contributed by atoms with van der Waals surface area (Å²) in [6.45, 7) is 16.5. The van der Waals surface area contributed by atoms with E-state index in [9.17, 15) is 10.2 Å². The molecule has 0 radical (unpaired) electrons. The lowest BCUT2D eigenvalue weighted by Gasteiger charge is -2.67. The molecule has 27 heavy (non-hydrogen) atoms. The quantitative estimate of drug-likeness (QED) is 0.602. The lowest BCUT2D eigenvalue weighted by Crippen LogP contribution is -2.63. The van der Waals surface area contributed by atoms with Gasteiger partial charge in [-0.1, -0.05) is 57.9 Å². The van der Waals surface area contributed by atoms with Gasteiger partial charge in [-0.15, -0.1) is 0 Å². The number of rotatable bonds is 4. The molecule has 0 saturated heterocycles. The van der Waals surface area contributed by atoms with E-state index in [0.29, 0.717) is 17.8 Å². The Morgan fingerprint density at radius 2 is 1.89 bits per heavy atom. The van der Waals surface area contributed by atoms with Gasteiger partial charge in [-0.3, -0.25) is 0 Å². The van der Waals surface area contributed by atoms with Crippen molar-refractivity contribution in [2.24, 2.45) is 34.0 Å². The molecule has 3 aliphatic carbocycles. The molecular weight excluding hydrogens is 332 g/mol. The standard InChI is InChI=1S/C25H42O2/c1-17(12-15-26)8-10-19-18(2)9-11-21-24(5)14-7-13-23(3,4)22(24)20(27)16-25(19,21)6/h12,19-22,26-27H,2,7-11,13-16H2,1,3-6H3/b17-12-/t19-,20+,21?,22?,24-,25+/m1/s1. The zero-order valence-electron chi connectivity index (χ0n) is 18.4. The third kappa shape index (κ3) is 3.46. The summed E-state index contributed by atoms with van der Waals surface area (Å²) >= 11 is 0. The Balaban J connectivity index is 1.93. The third-order valence-corrected chi connectivity index (χ3v) is 9.02. The van der Waals surface area contributed by atoms with E-state index in [1.807, 2.05) is 6.08 Å². The topological polar surface area (TPSA) is 40.5 Å². The van der Waals surface area contributed by atoms with E-state index in [0.717, 1.165) is 25.7 Å². The van der Waals surface area contributed by atoms with Crippen molar-refractivity contribution in [3.8, 4) is 0 Å². The van der Waals surface area contributed by atoms with Crippen LogP contribution < -0.4 is 0 Å². The summed E-state index contributed by atoms with van der Waals surface area (Å²) in [5, 5.41) is 20.6. The van der Waals surface area contributed by atoms with Crippen LogP contribution in [0.4, 0.5) is 0 Å². The monoisotopic (exact) mass is 374 g/mol. The maximum absolute atomic E-state index is 11.4. The van der Waals surface area contributed by atoms with E-state index in [1.165, 1.54) is 36.8 Å². The van der Waals surface area contributed by atoms with Crippen LogP contribution in [0.25, 0.3) is 0 Å². The van der Waals surface area contributed by atoms with Crippen molar-refractivity contribution in [3.63, 3.8) is 0 Å². The second kappa shape index (κ2) is 7.34. The van der Waals surface area contributed by atoms with Crippen molar-refractivity contribution in [1.82, 2.24) is 0 Å². The number of aliphatic hydroxyl groups excluding tert-OH is 2. The van der Waals surface area contributed by atoms with E-state index in [4.69, 9.17) is 0 Å². The number of hydrogen-bond donors (Lipinski definition) is 2. The lowest BCUT2D eigenvalue weighted by atomic mass is 9.38. The smallest absolute Gasteiger partial charge is 0.0614 e. The summed E-state index contributed by atoms with van der Waals surface area (Å²) in [5.41, 5.74) is 3.29. The minimum absolute atomic E-state index is 0.130. The molecule has 0 aliphatic heterocycles. The van der Waals surface area contributed by atoms with Crippen molar-refractivity contribution < 1.29 is 10.2 Å². The molecule has 2 unspecified atom stereocenters. The third-order valence-electron chi connectivity index (χ3n) is 9.02. The molecule has 0 amide bonds. The van der Waals surface area contributed by atoms with Gasteiger partial charge in [0.25, 0.3) is 0 Å². The molecule has 154 valence electrons. The van der Waals surface area contributed by atoms with Gasteiger partial charge in [0.15, 0.2) is 0 Å². The van der Waals surface area contributed by atoms with E-state index in [-0.39, 0.29) is 29.0 Å². The fourth-order valence-electron chi connectivity index (χ4n) is 8.12. The summed E-state index contributed by atoms with van der Waals surface area (Å²) in [4.78, 5) is 0. The molecule has 0 aromatic heterocycles. The molecule has 2 heteroatoms. The minimum atomic E-state index is -0.200. The Labute approximate surface area is 167 Å². The predicted molar refractivity (Wildman–Crippen MR) is 113 cm³/mol. The molecular formula is C25H42O2. The molecule has 0 aromatic rings. The molecule has 3 saturated carbocycles. The molecule has 0 bridgehead atoms. The SMILES string of the molecule is C=C1CCC2[C@@]3(C)CCCC(C)(C)C3[C@@H](O)C[C@@]2(C)[C@@H]1CC/C(C)=C\CO. The summed E-state index contributed by atoms with van der Waals surface area (Å²) in [7, 11) is 0. The zero-order chi connectivity index (χ0) is 20.0. The first kappa shape index (κ1) is 21.1. The number of hydrogen-bond acceptors (Lipinski definition) is 2. The number of fused-ring (bicyclic) bond motifs is 3. The summed E-state index contributed by atoms with van der Waals surface area (Å²) in [5.74, 6) is 1.58. The van der Waals surface area contributed by atoms with Crippen LogP contribution in [0, 0.1) is 34.0 Å². The summed E-state index contributed by atoms with van der Waals surface area (Å²) in [6.07, 6.45) is 11.0. The van der Waals surface area contributed by atoms with Crippen molar-refractivity contribution in [2.45, 2.75) is 92.1 Å². The predicted octanol–water partition coefficient (Wildman–Crippen LogP) is 5.89. The minimum Gasteiger partial charge on any atom is -0.393 e. The van der Waals surface area contributed by atoms with Crippen LogP contribution >= 0.6 is 0 Å². The first-order valence-electron chi connectivity index (χ1n) is 11.2. The average Bonchev–Trinajstić information content (AvgIpc) is 2.52. The number of aliphatic hydroxyl groups is 2. The fraction of sp³-hybridized carbons (Fsp3) is 0.840. The highest BCUT2D eigenvalue weighted by atomic mass is 16.3. The molecule has 0 heterocycles. The molecule has 6 atom stereocenters. The molecule has 2 N–H and O–H groups in total. The molecule has 3 fully saturated rings. The van der Waals surface area contributed by atoms with Gasteiger partial charge >= 0.3 is 0 Å². The normalized spacial score (nSPS) is 44.6. The lowest BCUT2D eigenvalue weighted by molar-refractivity contribution is -0.204. The van der Waals surface area contributed by atoms with Crippen molar-refractivity contribution in [1.29, 1.82) is 0 Å². The van der Waals surface area contributed by atoms with Gasteiger partial charge in [-0.05, 0) is 85.9 Å². The highest BCUT2D eigenvalue weighted by molar-refractivity contribution is 5.20. The van der Waals surface area contributed by atoms with Crippen molar-refractivity contribution in [2.75, 3.05) is 6.61 Å². The van der Waals surface area contributed by atoms with Crippen molar-refractivity contribution >= 4 is 0 Å². The first-order chi connectivity index (χ1) is 12.6. The Morgan fingerprint density at radius 1 is 1.19 bits per heavy atom. The second-order valence-electron chi connectivity index (χ2n) is 11.2. The Morgan fingerprint density at radius 3 is 2.56 bits per heavy atom. The molecule has 3 rings (SSSR count). The highest BCUT2D eigenvalue weighted by Gasteiger charge is 2.63. The molecule has 0 spiro atoms. The van der Waals surface area contributed by atoms with Crippen molar-refractivity contribution in [3.05, 3.63) is 23.8 Å². The van der Waals surface area contributed by atoms with Gasteiger partial charge in [-0.2, -0.15) is 0 Å². The van der Waals surface area contributed by atoms with E-state index < -0.39 is 0 Å². The summed E-state index contributed by atoms with van der Waals surface area (Å²) < 4.78 is 0. The maximum atomic E-state index is 11.4. The summed E-state index contributed by atoms with van der Waals surface area (Å²) in [6, 6.07) is 0. The van der Waals surface area contributed by atoms with Gasteiger partial charge in [0.1, 0.15) is 0 Å². The average molecular weight is 375 g/mol. The second-order valence-corrected chi connectivity index (χ2v) is 11.2. The van der Waals surface area contributed by atoms with E-state index in [1.54, 1.807) is 0 Å². The van der Waals surface area contributed by atoms with Crippen LogP contribution in [0.5, 0.6) is 0 Å². The number of allylic oxidation sites excluding steroid dienone is 2. The molecule has 2 nitrogen and oxygen atoms in total. The Kier molecular flexibility index (Phi) is 5.74. The Hall–Kier alpha value is -0.600. The first-order valence-corrected chi connectivity index (χ1v) is 11.2. The van der Waals surface area contributed by atoms with Gasteiger partial charge < -0.3 is 10.2 Å². The Bertz CT molecular complexity index is 603. The molecule has 0 aromatic carbocycles. The zero-order valence-corrected chi connectivity index (χ0v) is 18.4. The van der Waals surface area contributed by atoms with E-state index in [2.05, 4.69) is 41.2 Å². The van der Waals surface area contributed by atoms with Crippen LogP contribution in [0.15, 0.2) is 23.8 Å². The van der Waals surface area contributed by atoms with Crippen LogP contribution in [0.1, 0.15) is 86.0 Å². The maximum Gasteiger partial charge on any atom is 0.0614 e. The van der Waals surface area contributed by atoms with Gasteiger partial charge in [0, 0.05) is 0 Å². The van der Waals surface area contributed by atoms with Crippen LogP contribution in [0.2, 0.25) is 0 Å².